The molecule has 0 saturated carbocycles. The number of hydrogen-bond acceptors (Lipinski definition) is 4. The van der Waals surface area contributed by atoms with Crippen molar-refractivity contribution in [1.29, 1.82) is 0 Å². The van der Waals surface area contributed by atoms with Crippen LogP contribution in [0.1, 0.15) is 27.7 Å². The predicted molar refractivity (Wildman–Crippen MR) is 88.3 cm³/mol. The second-order valence-electron chi connectivity index (χ2n) is 6.17. The van der Waals surface area contributed by atoms with Gasteiger partial charge in [-0.05, 0) is 45.4 Å². The zero-order valence-electron chi connectivity index (χ0n) is 12.5. The van der Waals surface area contributed by atoms with Crippen molar-refractivity contribution in [2.75, 3.05) is 0 Å². The van der Waals surface area contributed by atoms with Gasteiger partial charge in [-0.25, -0.2) is 0 Å². The van der Waals surface area contributed by atoms with Crippen molar-refractivity contribution in [2.24, 2.45) is 0 Å². The minimum Gasteiger partial charge on any atom is -0.398 e. The third-order valence-electron chi connectivity index (χ3n) is 4.16. The van der Waals surface area contributed by atoms with E-state index in [9.17, 15) is 0 Å². The molecule has 0 atom stereocenters. The van der Waals surface area contributed by atoms with Crippen molar-refractivity contribution in [3.8, 4) is 10.4 Å². The quantitative estimate of drug-likeness (QED) is 0.789. The molecule has 1 saturated heterocycles. The summed E-state index contributed by atoms with van der Waals surface area (Å²) in [5.41, 5.74) is 2.94. The number of halogens is 1. The summed E-state index contributed by atoms with van der Waals surface area (Å²) < 4.78 is 12.2. The summed E-state index contributed by atoms with van der Waals surface area (Å²) in [7, 11) is -0.449. The number of nitrogens with zero attached hydrogens (tertiary/aromatic N) is 1. The summed E-state index contributed by atoms with van der Waals surface area (Å²) >= 11 is 7.65. The van der Waals surface area contributed by atoms with Crippen molar-refractivity contribution >= 4 is 35.6 Å². The molecule has 21 heavy (non-hydrogen) atoms. The van der Waals surface area contributed by atoms with Crippen LogP contribution in [-0.4, -0.2) is 23.3 Å². The molecule has 0 amide bonds. The van der Waals surface area contributed by atoms with Gasteiger partial charge in [-0.1, -0.05) is 23.7 Å². The maximum absolute atomic E-state index is 6.09. The summed E-state index contributed by atoms with van der Waals surface area (Å²) in [5.74, 6) is 0. The summed E-state index contributed by atoms with van der Waals surface area (Å²) in [6.07, 6.45) is 0. The second kappa shape index (κ2) is 5.09. The van der Waals surface area contributed by atoms with Crippen molar-refractivity contribution in [2.45, 2.75) is 38.9 Å². The number of thiazole rings is 1. The minimum absolute atomic E-state index is 0.368. The summed E-state index contributed by atoms with van der Waals surface area (Å²) in [4.78, 5) is 5.50. The fraction of sp³-hybridized carbons (Fsp3) is 0.400. The van der Waals surface area contributed by atoms with Gasteiger partial charge in [0.2, 0.25) is 0 Å². The predicted octanol–water partition coefficient (Wildman–Crippen LogP) is 3.76. The molecule has 1 aromatic carbocycles. The van der Waals surface area contributed by atoms with Crippen LogP contribution in [0.15, 0.2) is 29.8 Å². The van der Waals surface area contributed by atoms with Gasteiger partial charge in [-0.2, -0.15) is 0 Å². The third-order valence-corrected chi connectivity index (χ3v) is 5.28. The molecular formula is C15H17BClNO2S. The van der Waals surface area contributed by atoms with Crippen molar-refractivity contribution in [1.82, 2.24) is 4.98 Å². The van der Waals surface area contributed by atoms with E-state index >= 15 is 0 Å². The molecular weight excluding hydrogens is 305 g/mol. The molecule has 3 nitrogen and oxygen atoms in total. The molecule has 0 radical (unpaired) electrons. The first kappa shape index (κ1) is 15.0. The first-order chi connectivity index (χ1) is 9.80. The van der Waals surface area contributed by atoms with E-state index in [-0.39, 0.29) is 11.2 Å². The van der Waals surface area contributed by atoms with Crippen LogP contribution in [0.25, 0.3) is 10.4 Å². The molecule has 0 spiro atoms. The lowest BCUT2D eigenvalue weighted by Gasteiger charge is -2.32. The van der Waals surface area contributed by atoms with E-state index < -0.39 is 7.12 Å². The highest BCUT2D eigenvalue weighted by Gasteiger charge is 2.53. The highest BCUT2D eigenvalue weighted by Crippen LogP contribution is 2.37. The van der Waals surface area contributed by atoms with Crippen LogP contribution in [0.5, 0.6) is 0 Å². The lowest BCUT2D eigenvalue weighted by molar-refractivity contribution is 0.00578. The van der Waals surface area contributed by atoms with E-state index in [1.165, 1.54) is 0 Å². The Morgan fingerprint density at radius 1 is 1.14 bits per heavy atom. The molecule has 1 aliphatic rings. The topological polar surface area (TPSA) is 31.4 Å². The van der Waals surface area contributed by atoms with Crippen LogP contribution in [-0.2, 0) is 9.31 Å². The SMILES string of the molecule is CC1(C)OB(c2ncsc2-c2cccc(Cl)c2)OC1(C)C. The van der Waals surface area contributed by atoms with Gasteiger partial charge < -0.3 is 9.31 Å². The first-order valence-corrected chi connectivity index (χ1v) is 8.11. The Kier molecular flexibility index (Phi) is 3.65. The molecule has 1 fully saturated rings. The standard InChI is InChI=1S/C15H17BClNO2S/c1-14(2)15(3,4)20-16(19-14)13-12(21-9-18-13)10-6-5-7-11(17)8-10/h5-9H,1-4H3. The second-order valence-corrected chi connectivity index (χ2v) is 7.46. The van der Waals surface area contributed by atoms with E-state index in [1.54, 1.807) is 11.3 Å². The largest absolute Gasteiger partial charge is 0.516 e. The van der Waals surface area contributed by atoms with Crippen LogP contribution in [0, 0.1) is 0 Å². The number of hydrogen-bond donors (Lipinski definition) is 0. The van der Waals surface area contributed by atoms with E-state index in [4.69, 9.17) is 20.9 Å². The van der Waals surface area contributed by atoms with Crippen LogP contribution in [0.4, 0.5) is 0 Å². The maximum Gasteiger partial charge on any atom is 0.516 e. The van der Waals surface area contributed by atoms with Crippen LogP contribution in [0.2, 0.25) is 5.02 Å². The normalized spacial score (nSPS) is 20.0. The monoisotopic (exact) mass is 321 g/mol. The lowest BCUT2D eigenvalue weighted by atomic mass is 9.82. The van der Waals surface area contributed by atoms with Gasteiger partial charge in [0.25, 0.3) is 0 Å². The Morgan fingerprint density at radius 2 is 1.81 bits per heavy atom. The fourth-order valence-electron chi connectivity index (χ4n) is 2.22. The lowest BCUT2D eigenvalue weighted by Crippen LogP contribution is -2.41. The zero-order valence-corrected chi connectivity index (χ0v) is 14.1. The molecule has 3 rings (SSSR count). The summed E-state index contributed by atoms with van der Waals surface area (Å²) in [6, 6.07) is 7.75. The highest BCUT2D eigenvalue weighted by atomic mass is 35.5. The Morgan fingerprint density at radius 3 is 2.43 bits per heavy atom. The van der Waals surface area contributed by atoms with Crippen molar-refractivity contribution in [3.63, 3.8) is 0 Å². The minimum atomic E-state index is -0.449. The molecule has 2 heterocycles. The molecule has 2 aromatic rings. The number of rotatable bonds is 2. The molecule has 0 N–H and O–H groups in total. The third kappa shape index (κ3) is 2.64. The number of benzene rings is 1. The Balaban J connectivity index is 1.98. The average Bonchev–Trinajstić information content (AvgIpc) is 2.93. The highest BCUT2D eigenvalue weighted by molar-refractivity contribution is 7.14. The molecule has 1 aromatic heterocycles. The molecule has 0 aliphatic carbocycles. The fourth-order valence-corrected chi connectivity index (χ4v) is 3.22. The van der Waals surface area contributed by atoms with Crippen molar-refractivity contribution < 1.29 is 9.31 Å². The first-order valence-electron chi connectivity index (χ1n) is 6.85. The molecule has 0 unspecified atom stereocenters. The average molecular weight is 322 g/mol. The van der Waals surface area contributed by atoms with E-state index in [2.05, 4.69) is 4.98 Å². The van der Waals surface area contributed by atoms with E-state index in [0.29, 0.717) is 5.02 Å². The van der Waals surface area contributed by atoms with Gasteiger partial charge in [0.05, 0.1) is 27.2 Å². The van der Waals surface area contributed by atoms with Gasteiger partial charge >= 0.3 is 7.12 Å². The molecule has 1 aliphatic heterocycles. The van der Waals surface area contributed by atoms with Gasteiger partial charge in [0.1, 0.15) is 0 Å². The van der Waals surface area contributed by atoms with Crippen LogP contribution in [0.3, 0.4) is 0 Å². The molecule has 6 heteroatoms. The smallest absolute Gasteiger partial charge is 0.398 e. The summed E-state index contributed by atoms with van der Waals surface area (Å²) in [6.45, 7) is 8.16. The number of aromatic nitrogens is 1. The van der Waals surface area contributed by atoms with Gasteiger partial charge in [-0.3, -0.25) is 4.98 Å². The summed E-state index contributed by atoms with van der Waals surface area (Å²) in [5, 5.41) is 0.709. The Labute approximate surface area is 134 Å². The maximum atomic E-state index is 6.09. The van der Waals surface area contributed by atoms with Crippen molar-refractivity contribution in [3.05, 3.63) is 34.8 Å². The van der Waals surface area contributed by atoms with Crippen LogP contribution < -0.4 is 5.59 Å². The Bertz CT molecular complexity index is 655. The van der Waals surface area contributed by atoms with E-state index in [1.807, 2.05) is 57.5 Å². The van der Waals surface area contributed by atoms with E-state index in [0.717, 1.165) is 16.0 Å². The van der Waals surface area contributed by atoms with Gasteiger partial charge in [0, 0.05) is 5.02 Å². The van der Waals surface area contributed by atoms with Gasteiger partial charge in [0.15, 0.2) is 0 Å². The van der Waals surface area contributed by atoms with Gasteiger partial charge in [-0.15, -0.1) is 11.3 Å². The zero-order chi connectivity index (χ0) is 15.3. The van der Waals surface area contributed by atoms with Crippen LogP contribution >= 0.6 is 22.9 Å². The molecule has 110 valence electrons. The molecule has 0 bridgehead atoms. The Hall–Kier alpha value is -0.875.